The van der Waals surface area contributed by atoms with Crippen LogP contribution in [0.4, 0.5) is 0 Å². The second kappa shape index (κ2) is 4.84. The molecule has 2 atom stereocenters. The fourth-order valence-electron chi connectivity index (χ4n) is 2.66. The first kappa shape index (κ1) is 12.1. The first-order valence-corrected chi connectivity index (χ1v) is 7.16. The Balaban J connectivity index is 2.24. The smallest absolute Gasteiger partial charge is 0.113 e. The Hall–Kier alpha value is -0.410. The van der Waals surface area contributed by atoms with Crippen LogP contribution in [0.15, 0.2) is 5.38 Å². The van der Waals surface area contributed by atoms with E-state index in [2.05, 4.69) is 31.6 Å². The van der Waals surface area contributed by atoms with E-state index in [1.54, 1.807) is 0 Å². The van der Waals surface area contributed by atoms with Crippen LogP contribution in [0.2, 0.25) is 0 Å². The van der Waals surface area contributed by atoms with Gasteiger partial charge in [-0.05, 0) is 39.2 Å². The van der Waals surface area contributed by atoms with Crippen LogP contribution in [0.1, 0.15) is 49.7 Å². The lowest BCUT2D eigenvalue weighted by molar-refractivity contribution is 0.308. The van der Waals surface area contributed by atoms with E-state index in [0.717, 1.165) is 11.6 Å². The van der Waals surface area contributed by atoms with Gasteiger partial charge in [0.05, 0.1) is 5.54 Å². The van der Waals surface area contributed by atoms with Crippen molar-refractivity contribution in [2.24, 2.45) is 5.92 Å². The van der Waals surface area contributed by atoms with Gasteiger partial charge >= 0.3 is 0 Å². The Morgan fingerprint density at radius 2 is 2.25 bits per heavy atom. The molecule has 1 aliphatic carbocycles. The Morgan fingerprint density at radius 1 is 1.44 bits per heavy atom. The highest BCUT2D eigenvalue weighted by Gasteiger charge is 2.34. The first-order valence-electron chi connectivity index (χ1n) is 6.28. The van der Waals surface area contributed by atoms with E-state index in [9.17, 15) is 0 Å². The highest BCUT2D eigenvalue weighted by molar-refractivity contribution is 7.09. The summed E-state index contributed by atoms with van der Waals surface area (Å²) in [7, 11) is 2.09. The number of hydrogen-bond acceptors (Lipinski definition) is 3. The number of nitrogens with zero attached hydrogens (tertiary/aromatic N) is 1. The molecule has 1 saturated carbocycles. The van der Waals surface area contributed by atoms with Gasteiger partial charge in [-0.25, -0.2) is 4.98 Å². The topological polar surface area (TPSA) is 24.9 Å². The van der Waals surface area contributed by atoms with E-state index in [1.807, 2.05) is 11.3 Å². The van der Waals surface area contributed by atoms with Crippen molar-refractivity contribution in [3.8, 4) is 0 Å². The maximum Gasteiger partial charge on any atom is 0.113 e. The summed E-state index contributed by atoms with van der Waals surface area (Å²) in [5.41, 5.74) is 1.32. The molecule has 0 radical (unpaired) electrons. The summed E-state index contributed by atoms with van der Waals surface area (Å²) in [4.78, 5) is 4.70. The lowest BCUT2D eigenvalue weighted by atomic mass is 9.90. The summed E-state index contributed by atoms with van der Waals surface area (Å²) in [5, 5.41) is 7.02. The summed E-state index contributed by atoms with van der Waals surface area (Å²) < 4.78 is 0. The minimum Gasteiger partial charge on any atom is -0.308 e. The molecule has 0 aromatic carbocycles. The second-order valence-corrected chi connectivity index (χ2v) is 6.02. The van der Waals surface area contributed by atoms with E-state index < -0.39 is 0 Å². The Labute approximate surface area is 102 Å². The zero-order valence-corrected chi connectivity index (χ0v) is 11.4. The van der Waals surface area contributed by atoms with Crippen molar-refractivity contribution < 1.29 is 0 Å². The predicted octanol–water partition coefficient (Wildman–Crippen LogP) is 3.47. The van der Waals surface area contributed by atoms with Crippen LogP contribution in [0.5, 0.6) is 0 Å². The van der Waals surface area contributed by atoms with Crippen molar-refractivity contribution in [3.63, 3.8) is 0 Å². The molecule has 1 N–H and O–H groups in total. The van der Waals surface area contributed by atoms with Crippen LogP contribution in [-0.4, -0.2) is 12.0 Å². The number of rotatable bonds is 2. The predicted molar refractivity (Wildman–Crippen MR) is 69.8 cm³/mol. The molecule has 1 aromatic rings. The lowest BCUT2D eigenvalue weighted by Crippen LogP contribution is -2.39. The molecule has 0 aliphatic heterocycles. The highest BCUT2D eigenvalue weighted by Crippen LogP contribution is 2.38. The van der Waals surface area contributed by atoms with Crippen LogP contribution in [0, 0.1) is 12.8 Å². The average molecular weight is 238 g/mol. The molecule has 0 spiro atoms. The van der Waals surface area contributed by atoms with Crippen molar-refractivity contribution in [2.75, 3.05) is 7.05 Å². The summed E-state index contributed by atoms with van der Waals surface area (Å²) in [6.07, 6.45) is 6.48. The minimum atomic E-state index is 0.156. The molecule has 0 bridgehead atoms. The van der Waals surface area contributed by atoms with Gasteiger partial charge in [0.25, 0.3) is 0 Å². The standard InChI is InChI=1S/C13H22N2S/c1-10-5-4-7-13(14-3,8-6-10)12-15-11(2)9-16-12/h9-10,14H,4-8H2,1-3H3. The Morgan fingerprint density at radius 3 is 2.88 bits per heavy atom. The highest BCUT2D eigenvalue weighted by atomic mass is 32.1. The third kappa shape index (κ3) is 2.30. The number of aromatic nitrogens is 1. The molecule has 1 fully saturated rings. The van der Waals surface area contributed by atoms with E-state index in [-0.39, 0.29) is 5.54 Å². The summed E-state index contributed by atoms with van der Waals surface area (Å²) in [6.45, 7) is 4.46. The van der Waals surface area contributed by atoms with Gasteiger partial charge in [0, 0.05) is 11.1 Å². The fourth-order valence-corrected chi connectivity index (χ4v) is 3.72. The molecular formula is C13H22N2S. The van der Waals surface area contributed by atoms with Crippen molar-refractivity contribution in [2.45, 2.75) is 51.5 Å². The number of aryl methyl sites for hydroxylation is 1. The SMILES string of the molecule is CNC1(c2nc(C)cs2)CCCC(C)CC1. The molecule has 3 heteroatoms. The fraction of sp³-hybridized carbons (Fsp3) is 0.769. The van der Waals surface area contributed by atoms with Gasteiger partial charge in [0.1, 0.15) is 5.01 Å². The molecule has 0 saturated heterocycles. The van der Waals surface area contributed by atoms with Crippen molar-refractivity contribution >= 4 is 11.3 Å². The quantitative estimate of drug-likeness (QED) is 0.798. The molecule has 2 nitrogen and oxygen atoms in total. The molecule has 16 heavy (non-hydrogen) atoms. The summed E-state index contributed by atoms with van der Waals surface area (Å²) >= 11 is 1.82. The minimum absolute atomic E-state index is 0.156. The number of nitrogens with one attached hydrogen (secondary N) is 1. The van der Waals surface area contributed by atoms with Crippen LogP contribution in [-0.2, 0) is 5.54 Å². The van der Waals surface area contributed by atoms with E-state index in [1.165, 1.54) is 37.1 Å². The summed E-state index contributed by atoms with van der Waals surface area (Å²) in [6, 6.07) is 0. The van der Waals surface area contributed by atoms with Crippen molar-refractivity contribution in [1.29, 1.82) is 0 Å². The zero-order valence-electron chi connectivity index (χ0n) is 10.5. The zero-order chi connectivity index (χ0) is 11.6. The Kier molecular flexibility index (Phi) is 3.65. The van der Waals surface area contributed by atoms with Crippen LogP contribution in [0.3, 0.4) is 0 Å². The average Bonchev–Trinajstić information content (AvgIpc) is 2.61. The largest absolute Gasteiger partial charge is 0.308 e. The van der Waals surface area contributed by atoms with E-state index in [4.69, 9.17) is 4.98 Å². The van der Waals surface area contributed by atoms with Gasteiger partial charge in [-0.3, -0.25) is 0 Å². The lowest BCUT2D eigenvalue weighted by Gasteiger charge is -2.30. The molecule has 2 unspecified atom stereocenters. The van der Waals surface area contributed by atoms with Gasteiger partial charge in [-0.15, -0.1) is 11.3 Å². The number of thiazole rings is 1. The second-order valence-electron chi connectivity index (χ2n) is 5.16. The van der Waals surface area contributed by atoms with Gasteiger partial charge in [-0.1, -0.05) is 19.8 Å². The Bertz CT molecular complexity index is 347. The molecule has 0 amide bonds. The summed E-state index contributed by atoms with van der Waals surface area (Å²) in [5.74, 6) is 0.872. The monoisotopic (exact) mass is 238 g/mol. The van der Waals surface area contributed by atoms with Gasteiger partial charge in [0.2, 0.25) is 0 Å². The van der Waals surface area contributed by atoms with Gasteiger partial charge in [-0.2, -0.15) is 0 Å². The van der Waals surface area contributed by atoms with E-state index in [0.29, 0.717) is 0 Å². The molecule has 1 aromatic heterocycles. The molecule has 1 heterocycles. The maximum absolute atomic E-state index is 4.70. The van der Waals surface area contributed by atoms with Crippen molar-refractivity contribution in [1.82, 2.24) is 10.3 Å². The molecule has 2 rings (SSSR count). The number of hydrogen-bond donors (Lipinski definition) is 1. The molecular weight excluding hydrogens is 216 g/mol. The van der Waals surface area contributed by atoms with Crippen LogP contribution >= 0.6 is 11.3 Å². The van der Waals surface area contributed by atoms with Crippen molar-refractivity contribution in [3.05, 3.63) is 16.1 Å². The molecule has 90 valence electrons. The third-order valence-electron chi connectivity index (χ3n) is 3.87. The van der Waals surface area contributed by atoms with Gasteiger partial charge in [0.15, 0.2) is 0 Å². The normalized spacial score (nSPS) is 31.3. The van der Waals surface area contributed by atoms with E-state index >= 15 is 0 Å². The van der Waals surface area contributed by atoms with Crippen LogP contribution < -0.4 is 5.32 Å². The maximum atomic E-state index is 4.70. The van der Waals surface area contributed by atoms with Crippen LogP contribution in [0.25, 0.3) is 0 Å². The van der Waals surface area contributed by atoms with Gasteiger partial charge < -0.3 is 5.32 Å². The third-order valence-corrected chi connectivity index (χ3v) is 5.04. The molecule has 1 aliphatic rings. The first-order chi connectivity index (χ1) is 7.66.